The zero-order valence-corrected chi connectivity index (χ0v) is 9.97. The molecule has 0 aliphatic carbocycles. The van der Waals surface area contributed by atoms with Gasteiger partial charge in [0.2, 0.25) is 0 Å². The summed E-state index contributed by atoms with van der Waals surface area (Å²) in [5.74, 6) is 0.208. The first kappa shape index (κ1) is 11.9. The van der Waals surface area contributed by atoms with Crippen LogP contribution in [0.4, 0.5) is 0 Å². The molecular formula is C13H16O4. The first-order chi connectivity index (χ1) is 8.13. The molecule has 0 aromatic heterocycles. The van der Waals surface area contributed by atoms with Gasteiger partial charge in [-0.1, -0.05) is 12.1 Å². The number of aliphatic hydroxyl groups excluding tert-OH is 1. The number of fused-ring (bicyclic) bond motifs is 1. The van der Waals surface area contributed by atoms with E-state index in [9.17, 15) is 9.90 Å². The molecule has 0 saturated heterocycles. The summed E-state index contributed by atoms with van der Waals surface area (Å²) in [6.07, 6.45) is 0.587. The SMILES string of the molecule is COc1cccc2c1C(=O)O[C@H]2CC[C@@H](C)O. The topological polar surface area (TPSA) is 55.8 Å². The average Bonchev–Trinajstić information content (AvgIpc) is 2.64. The molecule has 1 aromatic carbocycles. The van der Waals surface area contributed by atoms with Gasteiger partial charge in [-0.05, 0) is 25.8 Å². The molecule has 0 fully saturated rings. The molecule has 2 atom stereocenters. The van der Waals surface area contributed by atoms with Crippen LogP contribution in [0.3, 0.4) is 0 Å². The number of carbonyl (C=O) groups excluding carboxylic acids is 1. The molecule has 0 spiro atoms. The molecule has 1 heterocycles. The predicted octanol–water partition coefficient (Wildman–Crippen LogP) is 2.07. The molecule has 0 radical (unpaired) electrons. The van der Waals surface area contributed by atoms with E-state index in [1.54, 1.807) is 13.0 Å². The van der Waals surface area contributed by atoms with Gasteiger partial charge in [-0.3, -0.25) is 0 Å². The van der Waals surface area contributed by atoms with Gasteiger partial charge >= 0.3 is 5.97 Å². The largest absolute Gasteiger partial charge is 0.496 e. The minimum Gasteiger partial charge on any atom is -0.496 e. The maximum atomic E-state index is 11.7. The Morgan fingerprint density at radius 2 is 2.29 bits per heavy atom. The molecule has 0 saturated carbocycles. The quantitative estimate of drug-likeness (QED) is 0.813. The number of carbonyl (C=O) groups is 1. The second-order valence-corrected chi connectivity index (χ2v) is 4.24. The first-order valence-corrected chi connectivity index (χ1v) is 5.69. The second-order valence-electron chi connectivity index (χ2n) is 4.24. The summed E-state index contributed by atoms with van der Waals surface area (Å²) in [4.78, 5) is 11.7. The number of rotatable bonds is 4. The van der Waals surface area contributed by atoms with Crippen molar-refractivity contribution in [2.45, 2.75) is 32.0 Å². The van der Waals surface area contributed by atoms with E-state index in [4.69, 9.17) is 9.47 Å². The number of esters is 1. The van der Waals surface area contributed by atoms with Crippen molar-refractivity contribution < 1.29 is 19.4 Å². The molecule has 4 heteroatoms. The third-order valence-electron chi connectivity index (χ3n) is 2.93. The normalized spacial score (nSPS) is 19.7. The fourth-order valence-electron chi connectivity index (χ4n) is 2.06. The van der Waals surface area contributed by atoms with Crippen LogP contribution in [0.2, 0.25) is 0 Å². The van der Waals surface area contributed by atoms with E-state index in [1.165, 1.54) is 7.11 Å². The fourth-order valence-corrected chi connectivity index (χ4v) is 2.06. The highest BCUT2D eigenvalue weighted by Crippen LogP contribution is 2.38. The molecule has 1 aliphatic heterocycles. The van der Waals surface area contributed by atoms with Gasteiger partial charge in [0.05, 0.1) is 13.2 Å². The summed E-state index contributed by atoms with van der Waals surface area (Å²) in [6, 6.07) is 5.46. The summed E-state index contributed by atoms with van der Waals surface area (Å²) in [5, 5.41) is 9.26. The van der Waals surface area contributed by atoms with Crippen LogP contribution in [-0.2, 0) is 4.74 Å². The highest BCUT2D eigenvalue weighted by molar-refractivity contribution is 5.97. The van der Waals surface area contributed by atoms with Crippen LogP contribution < -0.4 is 4.74 Å². The monoisotopic (exact) mass is 236 g/mol. The molecule has 1 N–H and O–H groups in total. The maximum Gasteiger partial charge on any atom is 0.342 e. The Labute approximate surface area is 100 Å². The summed E-state index contributed by atoms with van der Waals surface area (Å²) in [7, 11) is 1.53. The lowest BCUT2D eigenvalue weighted by molar-refractivity contribution is 0.0331. The van der Waals surface area contributed by atoms with E-state index in [-0.39, 0.29) is 18.2 Å². The van der Waals surface area contributed by atoms with Crippen molar-refractivity contribution in [1.29, 1.82) is 0 Å². The highest BCUT2D eigenvalue weighted by atomic mass is 16.6. The minimum atomic E-state index is -0.386. The van der Waals surface area contributed by atoms with E-state index in [0.29, 0.717) is 24.2 Å². The third-order valence-corrected chi connectivity index (χ3v) is 2.93. The van der Waals surface area contributed by atoms with Gasteiger partial charge in [-0.2, -0.15) is 0 Å². The van der Waals surface area contributed by atoms with Crippen LogP contribution in [0.1, 0.15) is 41.8 Å². The van der Waals surface area contributed by atoms with Gasteiger partial charge in [-0.15, -0.1) is 0 Å². The molecule has 4 nitrogen and oxygen atoms in total. The molecule has 17 heavy (non-hydrogen) atoms. The van der Waals surface area contributed by atoms with E-state index in [2.05, 4.69) is 0 Å². The summed E-state index contributed by atoms with van der Waals surface area (Å²) >= 11 is 0. The molecular weight excluding hydrogens is 220 g/mol. The highest BCUT2D eigenvalue weighted by Gasteiger charge is 2.33. The Balaban J connectivity index is 2.25. The zero-order chi connectivity index (χ0) is 12.4. The lowest BCUT2D eigenvalue weighted by Crippen LogP contribution is -2.05. The van der Waals surface area contributed by atoms with Crippen molar-refractivity contribution in [3.05, 3.63) is 29.3 Å². The molecule has 1 aliphatic rings. The number of cyclic esters (lactones) is 1. The van der Waals surface area contributed by atoms with E-state index in [1.807, 2.05) is 12.1 Å². The molecule has 0 bridgehead atoms. The van der Waals surface area contributed by atoms with Gasteiger partial charge in [0.1, 0.15) is 17.4 Å². The Morgan fingerprint density at radius 1 is 1.53 bits per heavy atom. The second kappa shape index (κ2) is 4.75. The van der Waals surface area contributed by atoms with Crippen molar-refractivity contribution >= 4 is 5.97 Å². The third kappa shape index (κ3) is 2.26. The van der Waals surface area contributed by atoms with E-state index < -0.39 is 0 Å². The summed E-state index contributed by atoms with van der Waals surface area (Å²) < 4.78 is 10.4. The molecule has 2 rings (SSSR count). The Hall–Kier alpha value is -1.55. The van der Waals surface area contributed by atoms with Gasteiger partial charge < -0.3 is 14.6 Å². The number of hydrogen-bond acceptors (Lipinski definition) is 4. The number of ether oxygens (including phenoxy) is 2. The molecule has 1 aromatic rings. The Kier molecular flexibility index (Phi) is 3.33. The molecule has 0 unspecified atom stereocenters. The minimum absolute atomic E-state index is 0.262. The summed E-state index contributed by atoms with van der Waals surface area (Å²) in [5.41, 5.74) is 1.38. The maximum absolute atomic E-state index is 11.7. The van der Waals surface area contributed by atoms with Crippen LogP contribution in [0.25, 0.3) is 0 Å². The zero-order valence-electron chi connectivity index (χ0n) is 9.97. The van der Waals surface area contributed by atoms with E-state index in [0.717, 1.165) is 5.56 Å². The number of hydrogen-bond donors (Lipinski definition) is 1. The van der Waals surface area contributed by atoms with Gasteiger partial charge in [-0.25, -0.2) is 4.79 Å². The number of aliphatic hydroxyl groups is 1. The standard InChI is InChI=1S/C13H16O4/c1-8(14)6-7-10-9-4-3-5-11(16-2)12(9)13(15)17-10/h3-5,8,10,14H,6-7H2,1-2H3/t8-,10+/m1/s1. The van der Waals surface area contributed by atoms with Crippen LogP contribution in [-0.4, -0.2) is 24.3 Å². The van der Waals surface area contributed by atoms with Crippen LogP contribution >= 0.6 is 0 Å². The van der Waals surface area contributed by atoms with Crippen molar-refractivity contribution in [2.24, 2.45) is 0 Å². The van der Waals surface area contributed by atoms with Crippen molar-refractivity contribution in [1.82, 2.24) is 0 Å². The first-order valence-electron chi connectivity index (χ1n) is 5.69. The summed E-state index contributed by atoms with van der Waals surface area (Å²) in [6.45, 7) is 1.73. The van der Waals surface area contributed by atoms with Gasteiger partial charge in [0.15, 0.2) is 0 Å². The van der Waals surface area contributed by atoms with Crippen molar-refractivity contribution in [2.75, 3.05) is 7.11 Å². The van der Waals surface area contributed by atoms with Crippen molar-refractivity contribution in [3.63, 3.8) is 0 Å². The number of methoxy groups -OCH3 is 1. The van der Waals surface area contributed by atoms with Gasteiger partial charge in [0.25, 0.3) is 0 Å². The number of benzene rings is 1. The molecule has 0 amide bonds. The van der Waals surface area contributed by atoms with Crippen LogP contribution in [0, 0.1) is 0 Å². The smallest absolute Gasteiger partial charge is 0.342 e. The van der Waals surface area contributed by atoms with Crippen LogP contribution in [0.5, 0.6) is 5.75 Å². The Morgan fingerprint density at radius 3 is 2.94 bits per heavy atom. The average molecular weight is 236 g/mol. The van der Waals surface area contributed by atoms with E-state index >= 15 is 0 Å². The van der Waals surface area contributed by atoms with Crippen molar-refractivity contribution in [3.8, 4) is 5.75 Å². The van der Waals surface area contributed by atoms with Crippen LogP contribution in [0.15, 0.2) is 18.2 Å². The fraction of sp³-hybridized carbons (Fsp3) is 0.462. The predicted molar refractivity (Wildman–Crippen MR) is 62.1 cm³/mol. The molecule has 92 valence electrons. The Bertz CT molecular complexity index is 425. The lowest BCUT2D eigenvalue weighted by Gasteiger charge is -2.11. The van der Waals surface area contributed by atoms with Gasteiger partial charge in [0, 0.05) is 5.56 Å². The lowest BCUT2D eigenvalue weighted by atomic mass is 10.00.